The van der Waals surface area contributed by atoms with E-state index in [1.165, 1.54) is 0 Å². The Morgan fingerprint density at radius 2 is 1.17 bits per heavy atom. The lowest BCUT2D eigenvalue weighted by Crippen LogP contribution is -1.92. The van der Waals surface area contributed by atoms with Gasteiger partial charge in [0.05, 0.1) is 28.8 Å². The van der Waals surface area contributed by atoms with Gasteiger partial charge in [0.2, 0.25) is 0 Å². The molecule has 0 spiro atoms. The van der Waals surface area contributed by atoms with Crippen LogP contribution in [0.4, 0.5) is 0 Å². The lowest BCUT2D eigenvalue weighted by Gasteiger charge is -2.14. The van der Waals surface area contributed by atoms with E-state index in [1.54, 1.807) is 0 Å². The number of nitrogens with zero attached hydrogens (tertiary/aromatic N) is 2. The topological polar surface area (TPSA) is 63.4 Å². The van der Waals surface area contributed by atoms with Gasteiger partial charge in [0, 0.05) is 33.0 Å². The lowest BCUT2D eigenvalue weighted by atomic mass is 9.88. The number of H-pyrrole nitrogens is 1. The van der Waals surface area contributed by atoms with Crippen molar-refractivity contribution < 1.29 is 0 Å². The van der Waals surface area contributed by atoms with Crippen molar-refractivity contribution in [2.24, 2.45) is 0 Å². The maximum atomic E-state index is 9.74. The highest BCUT2D eigenvalue weighted by Gasteiger charge is 2.19. The first-order valence-electron chi connectivity index (χ1n) is 9.34. The molecule has 0 fully saturated rings. The second kappa shape index (κ2) is 6.68. The first kappa shape index (κ1) is 16.8. The minimum atomic E-state index is 0.606. The minimum Gasteiger partial charge on any atom is -0.354 e. The van der Waals surface area contributed by atoms with Crippen molar-refractivity contribution in [3.05, 3.63) is 96.1 Å². The number of fused-ring (bicyclic) bond motifs is 3. The van der Waals surface area contributed by atoms with Gasteiger partial charge in [-0.05, 0) is 23.8 Å². The van der Waals surface area contributed by atoms with Crippen LogP contribution in [0.5, 0.6) is 0 Å². The summed E-state index contributed by atoms with van der Waals surface area (Å²) in [6, 6.07) is 32.2. The Kier molecular flexibility index (Phi) is 3.87. The van der Waals surface area contributed by atoms with E-state index in [1.807, 2.05) is 60.7 Å². The number of nitrogens with one attached hydrogen (secondary N) is 1. The van der Waals surface area contributed by atoms with Gasteiger partial charge in [0.1, 0.15) is 0 Å². The largest absolute Gasteiger partial charge is 0.354 e. The van der Waals surface area contributed by atoms with Gasteiger partial charge in [-0.1, -0.05) is 66.7 Å². The highest BCUT2D eigenvalue weighted by atomic mass is 14.7. The summed E-state index contributed by atoms with van der Waals surface area (Å²) in [6.07, 6.45) is 0. The molecule has 0 atom stereocenters. The predicted molar refractivity (Wildman–Crippen MR) is 116 cm³/mol. The summed E-state index contributed by atoms with van der Waals surface area (Å²) in [5, 5.41) is 21.6. The van der Waals surface area contributed by atoms with Gasteiger partial charge in [-0.15, -0.1) is 0 Å². The van der Waals surface area contributed by atoms with Crippen molar-refractivity contribution in [3.63, 3.8) is 0 Å². The second-order valence-electron chi connectivity index (χ2n) is 6.90. The standard InChI is InChI=1S/C26H15N3/c27-15-17-7-1-3-9-19(17)22-13-14-23-21-11-5-6-12-24(21)29-26(23)25(22)20-10-4-2-8-18(20)16-28/h1-14,29H. The van der Waals surface area contributed by atoms with Crippen molar-refractivity contribution in [2.75, 3.05) is 0 Å². The Morgan fingerprint density at radius 3 is 1.93 bits per heavy atom. The predicted octanol–water partition coefficient (Wildman–Crippen LogP) is 6.40. The third-order valence-electron chi connectivity index (χ3n) is 5.34. The van der Waals surface area contributed by atoms with Crippen molar-refractivity contribution in [1.82, 2.24) is 4.98 Å². The zero-order chi connectivity index (χ0) is 19.8. The highest BCUT2D eigenvalue weighted by molar-refractivity contribution is 6.15. The molecule has 5 rings (SSSR count). The summed E-state index contributed by atoms with van der Waals surface area (Å²) < 4.78 is 0. The van der Waals surface area contributed by atoms with E-state index in [0.717, 1.165) is 44.1 Å². The van der Waals surface area contributed by atoms with Gasteiger partial charge < -0.3 is 4.98 Å². The first-order valence-corrected chi connectivity index (χ1v) is 9.34. The smallest absolute Gasteiger partial charge is 0.0998 e. The maximum absolute atomic E-state index is 9.74. The molecule has 0 saturated heterocycles. The molecular weight excluding hydrogens is 354 g/mol. The van der Waals surface area contributed by atoms with E-state index < -0.39 is 0 Å². The van der Waals surface area contributed by atoms with Crippen LogP contribution >= 0.6 is 0 Å². The molecule has 0 aliphatic carbocycles. The van der Waals surface area contributed by atoms with E-state index in [4.69, 9.17) is 0 Å². The van der Waals surface area contributed by atoms with Crippen LogP contribution in [-0.4, -0.2) is 4.98 Å². The summed E-state index contributed by atoms with van der Waals surface area (Å²) in [5.41, 5.74) is 6.83. The van der Waals surface area contributed by atoms with Crippen LogP contribution in [0.15, 0.2) is 84.9 Å². The number of rotatable bonds is 2. The molecule has 0 saturated carbocycles. The van der Waals surface area contributed by atoms with Crippen LogP contribution in [0.25, 0.3) is 44.1 Å². The third kappa shape index (κ3) is 2.57. The van der Waals surface area contributed by atoms with Crippen LogP contribution in [0.1, 0.15) is 11.1 Å². The average molecular weight is 369 g/mol. The molecule has 1 heterocycles. The van der Waals surface area contributed by atoms with E-state index >= 15 is 0 Å². The normalized spacial score (nSPS) is 10.7. The quantitative estimate of drug-likeness (QED) is 0.391. The zero-order valence-electron chi connectivity index (χ0n) is 15.5. The molecule has 5 aromatic rings. The van der Waals surface area contributed by atoms with Gasteiger partial charge in [-0.2, -0.15) is 10.5 Å². The molecule has 3 nitrogen and oxygen atoms in total. The summed E-state index contributed by atoms with van der Waals surface area (Å²) in [7, 11) is 0. The molecule has 0 unspecified atom stereocenters. The molecule has 0 amide bonds. The summed E-state index contributed by atoms with van der Waals surface area (Å²) in [5.74, 6) is 0. The average Bonchev–Trinajstić information content (AvgIpc) is 3.17. The SMILES string of the molecule is N#Cc1ccccc1-c1ccc2c([nH]c3ccccc32)c1-c1ccccc1C#N. The van der Waals surface area contributed by atoms with Crippen molar-refractivity contribution in [2.45, 2.75) is 0 Å². The third-order valence-corrected chi connectivity index (χ3v) is 5.34. The molecule has 0 aliphatic rings. The van der Waals surface area contributed by atoms with Gasteiger partial charge >= 0.3 is 0 Å². The van der Waals surface area contributed by atoms with E-state index in [0.29, 0.717) is 11.1 Å². The van der Waals surface area contributed by atoms with Crippen molar-refractivity contribution in [1.29, 1.82) is 10.5 Å². The number of aromatic amines is 1. The molecule has 1 N–H and O–H groups in total. The number of benzene rings is 4. The molecular formula is C26H15N3. The highest BCUT2D eigenvalue weighted by Crippen LogP contribution is 2.42. The van der Waals surface area contributed by atoms with Crippen LogP contribution in [-0.2, 0) is 0 Å². The van der Waals surface area contributed by atoms with Crippen molar-refractivity contribution >= 4 is 21.8 Å². The number of hydrogen-bond donors (Lipinski definition) is 1. The molecule has 4 aromatic carbocycles. The fraction of sp³-hybridized carbons (Fsp3) is 0. The minimum absolute atomic E-state index is 0.606. The van der Waals surface area contributed by atoms with Crippen LogP contribution < -0.4 is 0 Å². The molecule has 1 aromatic heterocycles. The molecule has 29 heavy (non-hydrogen) atoms. The summed E-state index contributed by atoms with van der Waals surface area (Å²) in [6.45, 7) is 0. The monoisotopic (exact) mass is 369 g/mol. The zero-order valence-corrected chi connectivity index (χ0v) is 15.5. The molecule has 3 heteroatoms. The molecule has 134 valence electrons. The van der Waals surface area contributed by atoms with Crippen LogP contribution in [0.2, 0.25) is 0 Å². The van der Waals surface area contributed by atoms with E-state index in [9.17, 15) is 10.5 Å². The second-order valence-corrected chi connectivity index (χ2v) is 6.90. The Hall–Kier alpha value is -4.34. The van der Waals surface area contributed by atoms with Crippen LogP contribution in [0, 0.1) is 22.7 Å². The van der Waals surface area contributed by atoms with Crippen LogP contribution in [0.3, 0.4) is 0 Å². The van der Waals surface area contributed by atoms with Gasteiger partial charge in [0.25, 0.3) is 0 Å². The lowest BCUT2D eigenvalue weighted by molar-refractivity contribution is 1.46. The summed E-state index contributed by atoms with van der Waals surface area (Å²) in [4.78, 5) is 3.55. The number of hydrogen-bond acceptors (Lipinski definition) is 2. The molecule has 0 radical (unpaired) electrons. The fourth-order valence-electron chi connectivity index (χ4n) is 4.04. The Bertz CT molecular complexity index is 1480. The number of nitriles is 2. The van der Waals surface area contributed by atoms with Crippen molar-refractivity contribution in [3.8, 4) is 34.4 Å². The summed E-state index contributed by atoms with van der Waals surface area (Å²) >= 11 is 0. The maximum Gasteiger partial charge on any atom is 0.0998 e. The Morgan fingerprint density at radius 1 is 0.552 bits per heavy atom. The Balaban J connectivity index is 1.98. The Labute approximate surface area is 168 Å². The van der Waals surface area contributed by atoms with Gasteiger partial charge in [-0.25, -0.2) is 0 Å². The number of para-hydroxylation sites is 1. The molecule has 0 aliphatic heterocycles. The van der Waals surface area contributed by atoms with Gasteiger partial charge in [-0.3, -0.25) is 0 Å². The van der Waals surface area contributed by atoms with E-state index in [2.05, 4.69) is 41.4 Å². The van der Waals surface area contributed by atoms with E-state index in [-0.39, 0.29) is 0 Å². The number of aromatic nitrogens is 1. The molecule has 0 bridgehead atoms. The first-order chi connectivity index (χ1) is 14.3. The van der Waals surface area contributed by atoms with Gasteiger partial charge in [0.15, 0.2) is 0 Å². The fourth-order valence-corrected chi connectivity index (χ4v) is 4.04.